The summed E-state index contributed by atoms with van der Waals surface area (Å²) in [7, 11) is 0. The fourth-order valence-corrected chi connectivity index (χ4v) is 1.52. The largest absolute Gasteiger partial charge is 0.392 e. The summed E-state index contributed by atoms with van der Waals surface area (Å²) in [4.78, 5) is 6.65. The molecule has 1 aliphatic rings. The highest BCUT2D eigenvalue weighted by Crippen LogP contribution is 2.19. The third kappa shape index (κ3) is 1.65. The van der Waals surface area contributed by atoms with Crippen molar-refractivity contribution in [3.8, 4) is 0 Å². The number of rotatable bonds is 2. The van der Waals surface area contributed by atoms with Gasteiger partial charge in [0.05, 0.1) is 6.61 Å². The molecule has 1 aromatic heterocycles. The van der Waals surface area contributed by atoms with Crippen LogP contribution in [0.3, 0.4) is 0 Å². The van der Waals surface area contributed by atoms with Crippen LogP contribution in [-0.4, -0.2) is 23.2 Å². The van der Waals surface area contributed by atoms with Crippen LogP contribution in [-0.2, 0) is 6.61 Å². The van der Waals surface area contributed by atoms with Crippen molar-refractivity contribution in [2.24, 2.45) is 0 Å². The Hall–Kier alpha value is -1.09. The van der Waals surface area contributed by atoms with Crippen molar-refractivity contribution in [1.82, 2.24) is 4.98 Å². The van der Waals surface area contributed by atoms with Crippen LogP contribution in [0.5, 0.6) is 0 Å². The molecule has 0 radical (unpaired) electrons. The average molecular weight is 178 g/mol. The monoisotopic (exact) mass is 178 g/mol. The number of aliphatic hydroxyl groups excluding tert-OH is 1. The van der Waals surface area contributed by atoms with Crippen LogP contribution in [0.4, 0.5) is 5.82 Å². The van der Waals surface area contributed by atoms with Crippen LogP contribution in [0.2, 0.25) is 0 Å². The lowest BCUT2D eigenvalue weighted by atomic mass is 10.2. The summed E-state index contributed by atoms with van der Waals surface area (Å²) in [6, 6.07) is 3.88. The normalized spacial score (nSPS) is 15.7. The number of aromatic nitrogens is 1. The molecule has 0 amide bonds. The van der Waals surface area contributed by atoms with Crippen molar-refractivity contribution < 1.29 is 5.11 Å². The highest BCUT2D eigenvalue weighted by Gasteiger charge is 2.15. The van der Waals surface area contributed by atoms with E-state index >= 15 is 0 Å². The summed E-state index contributed by atoms with van der Waals surface area (Å²) >= 11 is 0. The van der Waals surface area contributed by atoms with E-state index in [0.717, 1.165) is 30.2 Å². The molecule has 0 unspecified atom stereocenters. The number of aryl methyl sites for hydroxylation is 1. The minimum Gasteiger partial charge on any atom is -0.392 e. The Kier molecular flexibility index (Phi) is 2.19. The molecular weight excluding hydrogens is 164 g/mol. The average Bonchev–Trinajstić information content (AvgIpc) is 2.00. The van der Waals surface area contributed by atoms with Crippen molar-refractivity contribution in [3.05, 3.63) is 23.4 Å². The van der Waals surface area contributed by atoms with Crippen LogP contribution in [0.25, 0.3) is 0 Å². The van der Waals surface area contributed by atoms with E-state index in [1.54, 1.807) is 0 Å². The first-order chi connectivity index (χ1) is 6.29. The zero-order chi connectivity index (χ0) is 9.26. The smallest absolute Gasteiger partial charge is 0.129 e. The van der Waals surface area contributed by atoms with Gasteiger partial charge in [0, 0.05) is 18.8 Å². The summed E-state index contributed by atoms with van der Waals surface area (Å²) in [6.45, 7) is 4.26. The van der Waals surface area contributed by atoms with Gasteiger partial charge in [0.25, 0.3) is 0 Å². The van der Waals surface area contributed by atoms with Crippen LogP contribution in [0.15, 0.2) is 12.1 Å². The number of nitrogens with zero attached hydrogens (tertiary/aromatic N) is 2. The molecule has 1 saturated heterocycles. The van der Waals surface area contributed by atoms with Crippen LogP contribution in [0, 0.1) is 6.92 Å². The molecular formula is C10H14N2O. The summed E-state index contributed by atoms with van der Waals surface area (Å²) in [5.41, 5.74) is 1.93. The van der Waals surface area contributed by atoms with E-state index in [0.29, 0.717) is 0 Å². The van der Waals surface area contributed by atoms with Gasteiger partial charge in [-0.2, -0.15) is 0 Å². The van der Waals surface area contributed by atoms with E-state index in [1.807, 2.05) is 19.1 Å². The van der Waals surface area contributed by atoms with Crippen LogP contribution in [0.1, 0.15) is 17.7 Å². The highest BCUT2D eigenvalue weighted by atomic mass is 16.3. The third-order valence-corrected chi connectivity index (χ3v) is 2.36. The summed E-state index contributed by atoms with van der Waals surface area (Å²) < 4.78 is 0. The molecule has 0 bridgehead atoms. The number of pyridine rings is 1. The molecule has 0 spiro atoms. The molecule has 0 aliphatic carbocycles. The molecule has 0 aromatic carbocycles. The number of hydrogen-bond donors (Lipinski definition) is 1. The summed E-state index contributed by atoms with van der Waals surface area (Å²) in [5.74, 6) is 1.01. The van der Waals surface area contributed by atoms with Crippen molar-refractivity contribution >= 4 is 5.82 Å². The van der Waals surface area contributed by atoms with Gasteiger partial charge in [-0.15, -0.1) is 0 Å². The lowest BCUT2D eigenvalue weighted by Crippen LogP contribution is -2.37. The molecule has 3 heteroatoms. The predicted molar refractivity (Wildman–Crippen MR) is 51.7 cm³/mol. The van der Waals surface area contributed by atoms with Gasteiger partial charge in [0.15, 0.2) is 0 Å². The van der Waals surface area contributed by atoms with E-state index < -0.39 is 0 Å². The van der Waals surface area contributed by atoms with Crippen molar-refractivity contribution in [2.75, 3.05) is 18.0 Å². The fourth-order valence-electron chi connectivity index (χ4n) is 1.52. The van der Waals surface area contributed by atoms with Crippen molar-refractivity contribution in [1.29, 1.82) is 0 Å². The van der Waals surface area contributed by atoms with Gasteiger partial charge in [-0.05, 0) is 31.0 Å². The molecule has 2 rings (SSSR count). The van der Waals surface area contributed by atoms with Crippen molar-refractivity contribution in [2.45, 2.75) is 20.0 Å². The Morgan fingerprint density at radius 2 is 2.23 bits per heavy atom. The topological polar surface area (TPSA) is 36.4 Å². The maximum atomic E-state index is 9.01. The molecule has 1 aromatic rings. The Morgan fingerprint density at radius 3 is 2.77 bits per heavy atom. The van der Waals surface area contributed by atoms with Crippen LogP contribution >= 0.6 is 0 Å². The second-order valence-corrected chi connectivity index (χ2v) is 3.47. The first-order valence-electron chi connectivity index (χ1n) is 4.63. The quantitative estimate of drug-likeness (QED) is 0.736. The lowest BCUT2D eigenvalue weighted by molar-refractivity contribution is 0.281. The molecule has 13 heavy (non-hydrogen) atoms. The Balaban J connectivity index is 2.28. The Bertz CT molecular complexity index is 308. The third-order valence-electron chi connectivity index (χ3n) is 2.36. The second-order valence-electron chi connectivity index (χ2n) is 3.47. The molecule has 70 valence electrons. The van der Waals surface area contributed by atoms with Gasteiger partial charge in [-0.1, -0.05) is 0 Å². The van der Waals surface area contributed by atoms with E-state index in [9.17, 15) is 0 Å². The first-order valence-corrected chi connectivity index (χ1v) is 4.63. The molecule has 3 nitrogen and oxygen atoms in total. The SMILES string of the molecule is Cc1cc(CO)cc(N2CCC2)n1. The fraction of sp³-hybridized carbons (Fsp3) is 0.500. The maximum Gasteiger partial charge on any atom is 0.129 e. The number of anilines is 1. The zero-order valence-corrected chi connectivity index (χ0v) is 7.82. The van der Waals surface area contributed by atoms with Gasteiger partial charge in [0.2, 0.25) is 0 Å². The van der Waals surface area contributed by atoms with Gasteiger partial charge >= 0.3 is 0 Å². The van der Waals surface area contributed by atoms with E-state index in [1.165, 1.54) is 6.42 Å². The predicted octanol–water partition coefficient (Wildman–Crippen LogP) is 1.09. The highest BCUT2D eigenvalue weighted by molar-refractivity contribution is 5.44. The van der Waals surface area contributed by atoms with E-state index in [-0.39, 0.29) is 6.61 Å². The zero-order valence-electron chi connectivity index (χ0n) is 7.82. The summed E-state index contributed by atoms with van der Waals surface area (Å²) in [5, 5.41) is 9.01. The Labute approximate surface area is 78.0 Å². The van der Waals surface area contributed by atoms with E-state index in [4.69, 9.17) is 5.11 Å². The number of hydrogen-bond acceptors (Lipinski definition) is 3. The first kappa shape index (κ1) is 8.51. The maximum absolute atomic E-state index is 9.01. The standard InChI is InChI=1S/C10H14N2O/c1-8-5-9(7-13)6-10(11-8)12-3-2-4-12/h5-6,13H,2-4,7H2,1H3. The summed E-state index contributed by atoms with van der Waals surface area (Å²) in [6.07, 6.45) is 1.25. The van der Waals surface area contributed by atoms with Crippen LogP contribution < -0.4 is 4.90 Å². The van der Waals surface area contributed by atoms with Gasteiger partial charge in [-0.3, -0.25) is 0 Å². The molecule has 0 saturated carbocycles. The van der Waals surface area contributed by atoms with Gasteiger partial charge < -0.3 is 10.0 Å². The van der Waals surface area contributed by atoms with Crippen molar-refractivity contribution in [3.63, 3.8) is 0 Å². The number of aliphatic hydroxyl groups is 1. The minimum absolute atomic E-state index is 0.101. The molecule has 1 N–H and O–H groups in total. The molecule has 2 heterocycles. The molecule has 0 atom stereocenters. The van der Waals surface area contributed by atoms with Gasteiger partial charge in [0.1, 0.15) is 5.82 Å². The Morgan fingerprint density at radius 1 is 1.46 bits per heavy atom. The molecule has 1 aliphatic heterocycles. The van der Waals surface area contributed by atoms with E-state index in [2.05, 4.69) is 9.88 Å². The second kappa shape index (κ2) is 3.34. The molecule has 1 fully saturated rings. The minimum atomic E-state index is 0.101. The lowest BCUT2D eigenvalue weighted by Gasteiger charge is -2.32. The van der Waals surface area contributed by atoms with Gasteiger partial charge in [-0.25, -0.2) is 4.98 Å².